The van der Waals surface area contributed by atoms with Crippen molar-refractivity contribution in [3.8, 4) is 0 Å². The van der Waals surface area contributed by atoms with Crippen LogP contribution < -0.4 is 5.32 Å². The van der Waals surface area contributed by atoms with Crippen LogP contribution in [0.5, 0.6) is 0 Å². The van der Waals surface area contributed by atoms with Gasteiger partial charge in [0.2, 0.25) is 11.8 Å². The van der Waals surface area contributed by atoms with Crippen LogP contribution in [-0.4, -0.2) is 35.6 Å². The van der Waals surface area contributed by atoms with E-state index in [2.05, 4.69) is 5.32 Å². The SMILES string of the molecule is CCNC(=O)CN1C(=O)CSC1c1ccccc1F. The fourth-order valence-electron chi connectivity index (χ4n) is 1.97. The first-order valence-electron chi connectivity index (χ1n) is 6.05. The summed E-state index contributed by atoms with van der Waals surface area (Å²) >= 11 is 1.34. The van der Waals surface area contributed by atoms with Gasteiger partial charge in [-0.05, 0) is 13.0 Å². The molecule has 1 N–H and O–H groups in total. The predicted molar refractivity (Wildman–Crippen MR) is 72.0 cm³/mol. The highest BCUT2D eigenvalue weighted by Crippen LogP contribution is 2.39. The number of thioether (sulfide) groups is 1. The zero-order chi connectivity index (χ0) is 13.8. The van der Waals surface area contributed by atoms with Crippen molar-refractivity contribution in [3.05, 3.63) is 35.6 Å². The number of amides is 2. The summed E-state index contributed by atoms with van der Waals surface area (Å²) in [6.07, 6.45) is 0. The third-order valence-electron chi connectivity index (χ3n) is 2.83. The van der Waals surface area contributed by atoms with Gasteiger partial charge in [0.15, 0.2) is 0 Å². The number of benzene rings is 1. The van der Waals surface area contributed by atoms with Crippen LogP contribution in [0.2, 0.25) is 0 Å². The fraction of sp³-hybridized carbons (Fsp3) is 0.385. The standard InChI is InChI=1S/C13H15FN2O2S/c1-2-15-11(17)7-16-12(18)8-19-13(16)9-5-3-4-6-10(9)14/h3-6,13H,2,7-8H2,1H3,(H,15,17). The average Bonchev–Trinajstić information content (AvgIpc) is 2.72. The Morgan fingerprint density at radius 1 is 1.53 bits per heavy atom. The van der Waals surface area contributed by atoms with Gasteiger partial charge in [0, 0.05) is 12.1 Å². The molecule has 19 heavy (non-hydrogen) atoms. The Hall–Kier alpha value is -1.56. The highest BCUT2D eigenvalue weighted by Gasteiger charge is 2.35. The summed E-state index contributed by atoms with van der Waals surface area (Å²) in [6, 6.07) is 6.35. The van der Waals surface area contributed by atoms with Crippen LogP contribution >= 0.6 is 11.8 Å². The molecule has 2 rings (SSSR count). The number of nitrogens with one attached hydrogen (secondary N) is 1. The Balaban J connectivity index is 2.18. The summed E-state index contributed by atoms with van der Waals surface area (Å²) in [5, 5.41) is 2.22. The summed E-state index contributed by atoms with van der Waals surface area (Å²) in [5.74, 6) is -0.432. The zero-order valence-electron chi connectivity index (χ0n) is 10.6. The van der Waals surface area contributed by atoms with Crippen molar-refractivity contribution in [2.75, 3.05) is 18.8 Å². The molecule has 2 amide bonds. The highest BCUT2D eigenvalue weighted by molar-refractivity contribution is 8.00. The summed E-state index contributed by atoms with van der Waals surface area (Å²) in [4.78, 5) is 24.8. The summed E-state index contributed by atoms with van der Waals surface area (Å²) in [6.45, 7) is 2.30. The van der Waals surface area contributed by atoms with Gasteiger partial charge in [0.25, 0.3) is 0 Å². The van der Waals surface area contributed by atoms with Gasteiger partial charge in [-0.25, -0.2) is 4.39 Å². The number of rotatable bonds is 4. The Labute approximate surface area is 115 Å². The predicted octanol–water partition coefficient (Wildman–Crippen LogP) is 1.54. The zero-order valence-corrected chi connectivity index (χ0v) is 11.4. The summed E-state index contributed by atoms with van der Waals surface area (Å²) < 4.78 is 13.8. The van der Waals surface area contributed by atoms with E-state index in [1.54, 1.807) is 18.2 Å². The number of hydrogen-bond acceptors (Lipinski definition) is 3. The molecule has 1 fully saturated rings. The lowest BCUT2D eigenvalue weighted by Crippen LogP contribution is -2.39. The second-order valence-electron chi connectivity index (χ2n) is 4.16. The van der Waals surface area contributed by atoms with Crippen LogP contribution in [0.1, 0.15) is 17.9 Å². The first kappa shape index (κ1) is 13.9. The lowest BCUT2D eigenvalue weighted by molar-refractivity contribution is -0.133. The van der Waals surface area contributed by atoms with Gasteiger partial charge in [-0.3, -0.25) is 9.59 Å². The molecule has 0 radical (unpaired) electrons. The molecule has 1 heterocycles. The Morgan fingerprint density at radius 2 is 2.26 bits per heavy atom. The average molecular weight is 282 g/mol. The van der Waals surface area contributed by atoms with E-state index in [0.717, 1.165) is 0 Å². The molecule has 0 bridgehead atoms. The number of carbonyl (C=O) groups excluding carboxylic acids is 2. The first-order valence-corrected chi connectivity index (χ1v) is 7.10. The molecule has 1 aliphatic heterocycles. The molecule has 4 nitrogen and oxygen atoms in total. The molecule has 1 unspecified atom stereocenters. The second kappa shape index (κ2) is 6.06. The molecule has 1 saturated heterocycles. The van der Waals surface area contributed by atoms with Crippen LogP contribution in [0.4, 0.5) is 4.39 Å². The Bertz CT molecular complexity index is 495. The van der Waals surface area contributed by atoms with E-state index in [1.165, 1.54) is 22.7 Å². The second-order valence-corrected chi connectivity index (χ2v) is 5.23. The molecular weight excluding hydrogens is 267 g/mol. The van der Waals surface area contributed by atoms with Crippen LogP contribution in [0.3, 0.4) is 0 Å². The number of hydrogen-bond donors (Lipinski definition) is 1. The minimum Gasteiger partial charge on any atom is -0.355 e. The van der Waals surface area contributed by atoms with E-state index in [1.807, 2.05) is 6.92 Å². The molecule has 1 aromatic carbocycles. The van der Waals surface area contributed by atoms with Gasteiger partial charge in [-0.1, -0.05) is 18.2 Å². The minimum absolute atomic E-state index is 0.0291. The largest absolute Gasteiger partial charge is 0.355 e. The van der Waals surface area contributed by atoms with Gasteiger partial charge in [-0.15, -0.1) is 11.8 Å². The van der Waals surface area contributed by atoms with Gasteiger partial charge in [0.05, 0.1) is 5.75 Å². The molecule has 0 spiro atoms. The fourth-order valence-corrected chi connectivity index (χ4v) is 3.17. The Morgan fingerprint density at radius 3 is 2.95 bits per heavy atom. The van der Waals surface area contributed by atoms with Crippen LogP contribution in [0, 0.1) is 5.82 Å². The normalized spacial score (nSPS) is 18.7. The van der Waals surface area contributed by atoms with Gasteiger partial charge in [0.1, 0.15) is 17.7 Å². The molecule has 1 atom stereocenters. The molecule has 102 valence electrons. The van der Waals surface area contributed by atoms with Gasteiger partial charge < -0.3 is 10.2 Å². The van der Waals surface area contributed by atoms with E-state index in [-0.39, 0.29) is 29.9 Å². The third kappa shape index (κ3) is 3.07. The number of carbonyl (C=O) groups is 2. The molecule has 0 saturated carbocycles. The van der Waals surface area contributed by atoms with Crippen molar-refractivity contribution in [1.29, 1.82) is 0 Å². The Kier molecular flexibility index (Phi) is 4.42. The van der Waals surface area contributed by atoms with Gasteiger partial charge in [-0.2, -0.15) is 0 Å². The van der Waals surface area contributed by atoms with Crippen molar-refractivity contribution in [1.82, 2.24) is 10.2 Å². The lowest BCUT2D eigenvalue weighted by Gasteiger charge is -2.23. The topological polar surface area (TPSA) is 49.4 Å². The quantitative estimate of drug-likeness (QED) is 0.911. The first-order chi connectivity index (χ1) is 9.13. The van der Waals surface area contributed by atoms with Crippen molar-refractivity contribution in [2.24, 2.45) is 0 Å². The molecule has 0 aromatic heterocycles. The minimum atomic E-state index is -0.420. The number of likely N-dealkylation sites (N-methyl/N-ethyl adjacent to an activating group) is 1. The molecule has 0 aliphatic carbocycles. The van der Waals surface area contributed by atoms with Crippen molar-refractivity contribution < 1.29 is 14.0 Å². The maximum absolute atomic E-state index is 13.8. The van der Waals surface area contributed by atoms with E-state index in [0.29, 0.717) is 12.1 Å². The molecule has 6 heteroatoms. The van der Waals surface area contributed by atoms with Crippen LogP contribution in [0.15, 0.2) is 24.3 Å². The maximum Gasteiger partial charge on any atom is 0.239 e. The molecule has 1 aliphatic rings. The van der Waals surface area contributed by atoms with E-state index in [4.69, 9.17) is 0 Å². The highest BCUT2D eigenvalue weighted by atomic mass is 32.2. The van der Waals surface area contributed by atoms with Crippen molar-refractivity contribution in [2.45, 2.75) is 12.3 Å². The van der Waals surface area contributed by atoms with E-state index >= 15 is 0 Å². The number of nitrogens with zero attached hydrogens (tertiary/aromatic N) is 1. The molecular formula is C13H15FN2O2S. The monoisotopic (exact) mass is 282 g/mol. The van der Waals surface area contributed by atoms with Crippen molar-refractivity contribution >= 4 is 23.6 Å². The number of halogens is 1. The van der Waals surface area contributed by atoms with E-state index in [9.17, 15) is 14.0 Å². The third-order valence-corrected chi connectivity index (χ3v) is 4.07. The van der Waals surface area contributed by atoms with Crippen LogP contribution in [0.25, 0.3) is 0 Å². The molecule has 1 aromatic rings. The lowest BCUT2D eigenvalue weighted by atomic mass is 10.2. The van der Waals surface area contributed by atoms with Crippen LogP contribution in [-0.2, 0) is 9.59 Å². The summed E-state index contributed by atoms with van der Waals surface area (Å²) in [7, 11) is 0. The smallest absolute Gasteiger partial charge is 0.239 e. The van der Waals surface area contributed by atoms with E-state index < -0.39 is 5.37 Å². The van der Waals surface area contributed by atoms with Gasteiger partial charge >= 0.3 is 0 Å². The van der Waals surface area contributed by atoms with Crippen molar-refractivity contribution in [3.63, 3.8) is 0 Å². The maximum atomic E-state index is 13.8. The summed E-state index contributed by atoms with van der Waals surface area (Å²) in [5.41, 5.74) is 0.447.